The molecule has 1 amide bonds. The maximum absolute atomic E-state index is 12.3. The van der Waals surface area contributed by atoms with E-state index in [4.69, 9.17) is 11.6 Å². The zero-order chi connectivity index (χ0) is 14.3. The number of hydrogen-bond acceptors (Lipinski definition) is 3. The predicted molar refractivity (Wildman–Crippen MR) is 77.7 cm³/mol. The van der Waals surface area contributed by atoms with E-state index >= 15 is 0 Å². The summed E-state index contributed by atoms with van der Waals surface area (Å²) in [7, 11) is 0. The van der Waals surface area contributed by atoms with Gasteiger partial charge in [-0.25, -0.2) is 9.97 Å². The predicted octanol–water partition coefficient (Wildman–Crippen LogP) is 2.32. The molecule has 1 N–H and O–H groups in total. The number of rotatable bonds is 4. The highest BCUT2D eigenvalue weighted by molar-refractivity contribution is 6.16. The minimum absolute atomic E-state index is 0.00136. The number of amides is 1. The fourth-order valence-electron chi connectivity index (χ4n) is 2.28. The number of nitrogens with zero attached hydrogens (tertiary/aromatic N) is 3. The van der Waals surface area contributed by atoms with Gasteiger partial charge in [0.25, 0.3) is 0 Å². The van der Waals surface area contributed by atoms with Crippen LogP contribution >= 0.6 is 11.6 Å². The zero-order valence-electron chi connectivity index (χ0n) is 11.6. The molecule has 106 valence electrons. The van der Waals surface area contributed by atoms with Crippen LogP contribution in [0.1, 0.15) is 37.3 Å². The van der Waals surface area contributed by atoms with Crippen molar-refractivity contribution in [1.82, 2.24) is 19.9 Å². The SMILES string of the molecule is Cc1ccc2nc(CCl)n(C(C)C(=O)NC3CC3)c2n1. The van der Waals surface area contributed by atoms with E-state index in [2.05, 4.69) is 15.3 Å². The molecule has 6 heteroatoms. The molecule has 0 radical (unpaired) electrons. The van der Waals surface area contributed by atoms with Gasteiger partial charge < -0.3 is 5.32 Å². The van der Waals surface area contributed by atoms with Gasteiger partial charge in [-0.3, -0.25) is 9.36 Å². The highest BCUT2D eigenvalue weighted by atomic mass is 35.5. The van der Waals surface area contributed by atoms with Crippen LogP contribution in [0.4, 0.5) is 0 Å². The van der Waals surface area contributed by atoms with Crippen LogP contribution in [-0.4, -0.2) is 26.5 Å². The minimum Gasteiger partial charge on any atom is -0.352 e. The van der Waals surface area contributed by atoms with E-state index in [-0.39, 0.29) is 17.8 Å². The lowest BCUT2D eigenvalue weighted by atomic mass is 10.3. The monoisotopic (exact) mass is 292 g/mol. The fraction of sp³-hybridized carbons (Fsp3) is 0.500. The Hall–Kier alpha value is -1.62. The van der Waals surface area contributed by atoms with Crippen molar-refractivity contribution in [2.75, 3.05) is 0 Å². The fourth-order valence-corrected chi connectivity index (χ4v) is 2.47. The van der Waals surface area contributed by atoms with Gasteiger partial charge in [-0.15, -0.1) is 11.6 Å². The summed E-state index contributed by atoms with van der Waals surface area (Å²) in [5, 5.41) is 3.01. The number of carbonyl (C=O) groups is 1. The van der Waals surface area contributed by atoms with Crippen molar-refractivity contribution in [3.05, 3.63) is 23.7 Å². The molecule has 0 aliphatic heterocycles. The van der Waals surface area contributed by atoms with E-state index in [0.717, 1.165) is 29.7 Å². The van der Waals surface area contributed by atoms with Crippen LogP contribution in [0.15, 0.2) is 12.1 Å². The molecule has 1 aliphatic rings. The van der Waals surface area contributed by atoms with Crippen molar-refractivity contribution < 1.29 is 4.79 Å². The second kappa shape index (κ2) is 5.05. The summed E-state index contributed by atoms with van der Waals surface area (Å²) in [6.07, 6.45) is 2.14. The van der Waals surface area contributed by atoms with E-state index in [1.807, 2.05) is 30.5 Å². The van der Waals surface area contributed by atoms with E-state index in [9.17, 15) is 4.79 Å². The second-order valence-electron chi connectivity index (χ2n) is 5.29. The van der Waals surface area contributed by atoms with Gasteiger partial charge in [0.2, 0.25) is 5.91 Å². The average Bonchev–Trinajstić information content (AvgIpc) is 3.16. The van der Waals surface area contributed by atoms with Gasteiger partial charge in [0.1, 0.15) is 17.4 Å². The highest BCUT2D eigenvalue weighted by Crippen LogP contribution is 2.24. The summed E-state index contributed by atoms with van der Waals surface area (Å²) >= 11 is 5.97. The Morgan fingerprint density at radius 2 is 2.25 bits per heavy atom. The topological polar surface area (TPSA) is 59.8 Å². The van der Waals surface area contributed by atoms with E-state index in [0.29, 0.717) is 11.9 Å². The Kier molecular flexibility index (Phi) is 3.38. The van der Waals surface area contributed by atoms with Crippen LogP contribution in [0.25, 0.3) is 11.2 Å². The van der Waals surface area contributed by atoms with Crippen molar-refractivity contribution in [2.45, 2.75) is 44.7 Å². The van der Waals surface area contributed by atoms with Gasteiger partial charge in [-0.1, -0.05) is 0 Å². The number of pyridine rings is 1. The Morgan fingerprint density at radius 1 is 1.50 bits per heavy atom. The largest absolute Gasteiger partial charge is 0.352 e. The maximum atomic E-state index is 12.3. The van der Waals surface area contributed by atoms with E-state index in [1.165, 1.54) is 0 Å². The Balaban J connectivity index is 2.02. The first kappa shape index (κ1) is 13.4. The molecule has 2 aromatic rings. The molecule has 5 nitrogen and oxygen atoms in total. The molecule has 2 heterocycles. The number of aromatic nitrogens is 3. The number of fused-ring (bicyclic) bond motifs is 1. The van der Waals surface area contributed by atoms with E-state index in [1.54, 1.807) is 0 Å². The summed E-state index contributed by atoms with van der Waals surface area (Å²) in [6.45, 7) is 3.78. The summed E-state index contributed by atoms with van der Waals surface area (Å²) in [5.41, 5.74) is 2.39. The summed E-state index contributed by atoms with van der Waals surface area (Å²) < 4.78 is 1.84. The number of hydrogen-bond donors (Lipinski definition) is 1. The molecule has 20 heavy (non-hydrogen) atoms. The van der Waals surface area contributed by atoms with Gasteiger partial charge >= 0.3 is 0 Å². The number of alkyl halides is 1. The first-order valence-corrected chi connectivity index (χ1v) is 7.34. The van der Waals surface area contributed by atoms with E-state index < -0.39 is 0 Å². The molecule has 1 aliphatic carbocycles. The molecule has 2 aromatic heterocycles. The summed E-state index contributed by atoms with van der Waals surface area (Å²) in [4.78, 5) is 21.2. The lowest BCUT2D eigenvalue weighted by Crippen LogP contribution is -2.33. The third-order valence-electron chi connectivity index (χ3n) is 3.56. The number of carbonyl (C=O) groups excluding carboxylic acids is 1. The van der Waals surface area contributed by atoms with Crippen molar-refractivity contribution in [3.63, 3.8) is 0 Å². The average molecular weight is 293 g/mol. The van der Waals surface area contributed by atoms with Gasteiger partial charge in [-0.05, 0) is 38.8 Å². The third-order valence-corrected chi connectivity index (χ3v) is 3.80. The van der Waals surface area contributed by atoms with Crippen LogP contribution < -0.4 is 5.32 Å². The highest BCUT2D eigenvalue weighted by Gasteiger charge is 2.28. The lowest BCUT2D eigenvalue weighted by Gasteiger charge is -2.16. The molecule has 1 atom stereocenters. The summed E-state index contributed by atoms with van der Waals surface area (Å²) in [5.74, 6) is 0.941. The van der Waals surface area contributed by atoms with Crippen LogP contribution in [-0.2, 0) is 10.7 Å². The summed E-state index contributed by atoms with van der Waals surface area (Å²) in [6, 6.07) is 3.81. The maximum Gasteiger partial charge on any atom is 0.243 e. The first-order valence-electron chi connectivity index (χ1n) is 6.81. The van der Waals surface area contributed by atoms with Crippen LogP contribution in [0.5, 0.6) is 0 Å². The van der Waals surface area contributed by atoms with Crippen LogP contribution in [0, 0.1) is 6.92 Å². The standard InChI is InChI=1S/C14H17ClN4O/c1-8-3-6-11-13(16-8)19(12(7-15)18-11)9(2)14(20)17-10-4-5-10/h3,6,9-10H,4-5,7H2,1-2H3,(H,17,20). The molecule has 1 unspecified atom stereocenters. The molecule has 0 bridgehead atoms. The van der Waals surface area contributed by atoms with Crippen molar-refractivity contribution in [3.8, 4) is 0 Å². The molecule has 1 fully saturated rings. The first-order chi connectivity index (χ1) is 9.60. The van der Waals surface area contributed by atoms with Crippen LogP contribution in [0.3, 0.4) is 0 Å². The van der Waals surface area contributed by atoms with Gasteiger partial charge in [0.15, 0.2) is 5.65 Å². The number of aryl methyl sites for hydroxylation is 1. The normalized spacial score (nSPS) is 16.4. The van der Waals surface area contributed by atoms with Crippen molar-refractivity contribution >= 4 is 28.7 Å². The van der Waals surface area contributed by atoms with Crippen molar-refractivity contribution in [2.24, 2.45) is 0 Å². The second-order valence-corrected chi connectivity index (χ2v) is 5.55. The van der Waals surface area contributed by atoms with Gasteiger partial charge in [0.05, 0.1) is 5.88 Å². The van der Waals surface area contributed by atoms with Crippen molar-refractivity contribution in [1.29, 1.82) is 0 Å². The quantitative estimate of drug-likeness (QED) is 0.880. The Bertz CT molecular complexity index is 662. The lowest BCUT2D eigenvalue weighted by molar-refractivity contribution is -0.124. The number of halogens is 1. The molecule has 0 spiro atoms. The smallest absolute Gasteiger partial charge is 0.243 e. The molecular weight excluding hydrogens is 276 g/mol. The number of imidazole rings is 1. The molecule has 3 rings (SSSR count). The minimum atomic E-state index is -0.358. The zero-order valence-corrected chi connectivity index (χ0v) is 12.3. The molecule has 0 saturated heterocycles. The van der Waals surface area contributed by atoms with Crippen LogP contribution in [0.2, 0.25) is 0 Å². The molecule has 0 aromatic carbocycles. The Labute approximate surface area is 122 Å². The number of nitrogens with one attached hydrogen (secondary N) is 1. The Morgan fingerprint density at radius 3 is 2.90 bits per heavy atom. The van der Waals surface area contributed by atoms with Gasteiger partial charge in [0, 0.05) is 11.7 Å². The van der Waals surface area contributed by atoms with Gasteiger partial charge in [-0.2, -0.15) is 0 Å². The third kappa shape index (κ3) is 2.38. The molecule has 1 saturated carbocycles. The molecular formula is C14H17ClN4O.